The van der Waals surface area contributed by atoms with Crippen LogP contribution in [0.15, 0.2) is 60.7 Å². The first-order valence-electron chi connectivity index (χ1n) is 15.0. The van der Waals surface area contributed by atoms with Gasteiger partial charge >= 0.3 is 0 Å². The Morgan fingerprint density at radius 1 is 0.744 bits per heavy atom. The lowest BCUT2D eigenvalue weighted by Gasteiger charge is -2.24. The van der Waals surface area contributed by atoms with E-state index in [4.69, 9.17) is 18.9 Å². The fourth-order valence-corrected chi connectivity index (χ4v) is 4.59. The minimum atomic E-state index is -0.480. The third-order valence-electron chi connectivity index (χ3n) is 6.57. The molecule has 3 aromatic carbocycles. The SMILES string of the molecule is CCOc1ccc(CCCNCCCN(C(=O)c2ccc([N+](=O)[O-])cc2)c2ccc(OCC)c(OCC)c2)cc1OCC. The van der Waals surface area contributed by atoms with Gasteiger partial charge in [0.2, 0.25) is 0 Å². The van der Waals surface area contributed by atoms with E-state index in [0.717, 1.165) is 30.9 Å². The third kappa shape index (κ3) is 9.89. The third-order valence-corrected chi connectivity index (χ3v) is 6.57. The zero-order chi connectivity index (χ0) is 31.0. The first-order valence-corrected chi connectivity index (χ1v) is 15.0. The van der Waals surface area contributed by atoms with Gasteiger partial charge in [-0.2, -0.15) is 0 Å². The number of nitro benzene ring substituents is 1. The van der Waals surface area contributed by atoms with Crippen LogP contribution in [0.2, 0.25) is 0 Å². The molecule has 0 aliphatic heterocycles. The molecule has 0 fully saturated rings. The number of carbonyl (C=O) groups is 1. The Hall–Kier alpha value is -4.31. The molecule has 232 valence electrons. The number of benzene rings is 3. The van der Waals surface area contributed by atoms with Gasteiger partial charge in [0, 0.05) is 36.0 Å². The van der Waals surface area contributed by atoms with Gasteiger partial charge in [-0.1, -0.05) is 6.07 Å². The number of nitrogens with zero attached hydrogens (tertiary/aromatic N) is 2. The quantitative estimate of drug-likeness (QED) is 0.0959. The Labute approximate surface area is 254 Å². The average molecular weight is 594 g/mol. The van der Waals surface area contributed by atoms with Gasteiger partial charge in [-0.15, -0.1) is 0 Å². The summed E-state index contributed by atoms with van der Waals surface area (Å²) < 4.78 is 22.9. The predicted molar refractivity (Wildman–Crippen MR) is 168 cm³/mol. The number of aryl methyl sites for hydroxylation is 1. The molecule has 0 atom stereocenters. The Morgan fingerprint density at radius 2 is 1.30 bits per heavy atom. The van der Waals surface area contributed by atoms with Crippen LogP contribution in [-0.4, -0.2) is 56.9 Å². The van der Waals surface area contributed by atoms with Crippen LogP contribution in [0.5, 0.6) is 23.0 Å². The summed E-state index contributed by atoms with van der Waals surface area (Å²) in [5, 5.41) is 14.6. The highest BCUT2D eigenvalue weighted by molar-refractivity contribution is 6.06. The summed E-state index contributed by atoms with van der Waals surface area (Å²) in [5.41, 5.74) is 2.16. The predicted octanol–water partition coefficient (Wildman–Crippen LogP) is 6.45. The molecule has 0 aliphatic rings. The van der Waals surface area contributed by atoms with Crippen LogP contribution >= 0.6 is 0 Å². The van der Waals surface area contributed by atoms with Gasteiger partial charge in [0.05, 0.1) is 31.4 Å². The maximum absolute atomic E-state index is 13.6. The van der Waals surface area contributed by atoms with E-state index >= 15 is 0 Å². The van der Waals surface area contributed by atoms with Crippen LogP contribution in [0.3, 0.4) is 0 Å². The van der Waals surface area contributed by atoms with Crippen LogP contribution in [0.25, 0.3) is 0 Å². The van der Waals surface area contributed by atoms with E-state index in [0.29, 0.717) is 68.7 Å². The van der Waals surface area contributed by atoms with Crippen LogP contribution in [0, 0.1) is 10.1 Å². The molecule has 10 nitrogen and oxygen atoms in total. The van der Waals surface area contributed by atoms with Gasteiger partial charge in [0.15, 0.2) is 23.0 Å². The Bertz CT molecular complexity index is 1310. The van der Waals surface area contributed by atoms with E-state index in [1.165, 1.54) is 29.8 Å². The van der Waals surface area contributed by atoms with E-state index in [9.17, 15) is 14.9 Å². The topological polar surface area (TPSA) is 112 Å². The van der Waals surface area contributed by atoms with Crippen molar-refractivity contribution in [3.63, 3.8) is 0 Å². The van der Waals surface area contributed by atoms with Gasteiger partial charge < -0.3 is 29.2 Å². The summed E-state index contributed by atoms with van der Waals surface area (Å²) in [4.78, 5) is 25.9. The number of non-ortho nitro benzene ring substituents is 1. The number of nitrogens with one attached hydrogen (secondary N) is 1. The molecule has 10 heteroatoms. The van der Waals surface area contributed by atoms with Crippen molar-refractivity contribution in [1.29, 1.82) is 0 Å². The first kappa shape index (κ1) is 33.2. The molecule has 1 amide bonds. The second-order valence-electron chi connectivity index (χ2n) is 9.61. The monoisotopic (exact) mass is 593 g/mol. The molecule has 0 bridgehead atoms. The van der Waals surface area contributed by atoms with E-state index in [2.05, 4.69) is 11.4 Å². The number of nitro groups is 1. The lowest BCUT2D eigenvalue weighted by molar-refractivity contribution is -0.384. The van der Waals surface area contributed by atoms with Crippen LogP contribution in [0.4, 0.5) is 11.4 Å². The maximum Gasteiger partial charge on any atom is 0.269 e. The first-order chi connectivity index (χ1) is 20.9. The summed E-state index contributed by atoms with van der Waals surface area (Å²) >= 11 is 0. The minimum absolute atomic E-state index is 0.0636. The van der Waals surface area contributed by atoms with Gasteiger partial charge in [-0.05, 0) is 102 Å². The van der Waals surface area contributed by atoms with Crippen molar-refractivity contribution < 1.29 is 28.7 Å². The van der Waals surface area contributed by atoms with Crippen LogP contribution in [-0.2, 0) is 6.42 Å². The fourth-order valence-electron chi connectivity index (χ4n) is 4.59. The van der Waals surface area contributed by atoms with Gasteiger partial charge in [-0.3, -0.25) is 14.9 Å². The number of ether oxygens (including phenoxy) is 4. The largest absolute Gasteiger partial charge is 0.490 e. The molecule has 0 saturated heterocycles. The number of hydrogen-bond acceptors (Lipinski definition) is 8. The maximum atomic E-state index is 13.6. The summed E-state index contributed by atoms with van der Waals surface area (Å²) in [5.74, 6) is 2.46. The fraction of sp³-hybridized carbons (Fsp3) is 0.424. The van der Waals surface area contributed by atoms with Gasteiger partial charge in [-0.25, -0.2) is 0 Å². The number of rotatable bonds is 19. The van der Waals surface area contributed by atoms with Crippen LogP contribution in [0.1, 0.15) is 56.5 Å². The molecule has 0 aromatic heterocycles. The number of amides is 1. The lowest BCUT2D eigenvalue weighted by Crippen LogP contribution is -2.33. The van der Waals surface area contributed by atoms with Gasteiger partial charge in [0.1, 0.15) is 0 Å². The van der Waals surface area contributed by atoms with Crippen molar-refractivity contribution in [2.75, 3.05) is 51.0 Å². The highest BCUT2D eigenvalue weighted by Crippen LogP contribution is 2.33. The summed E-state index contributed by atoms with van der Waals surface area (Å²) in [6.45, 7) is 11.8. The average Bonchev–Trinajstić information content (AvgIpc) is 3.01. The molecule has 43 heavy (non-hydrogen) atoms. The summed E-state index contributed by atoms with van der Waals surface area (Å²) in [7, 11) is 0. The molecule has 3 rings (SSSR count). The second-order valence-corrected chi connectivity index (χ2v) is 9.61. The smallest absolute Gasteiger partial charge is 0.269 e. The van der Waals surface area contributed by atoms with E-state index in [1.54, 1.807) is 17.0 Å². The van der Waals surface area contributed by atoms with Crippen molar-refractivity contribution in [3.8, 4) is 23.0 Å². The Balaban J connectivity index is 1.63. The molecular formula is C33H43N3O7. The second kappa shape index (κ2) is 17.6. The number of carbonyl (C=O) groups excluding carboxylic acids is 1. The summed E-state index contributed by atoms with van der Waals surface area (Å²) in [6.07, 6.45) is 2.55. The van der Waals surface area contributed by atoms with Gasteiger partial charge in [0.25, 0.3) is 11.6 Å². The molecule has 0 heterocycles. The van der Waals surface area contributed by atoms with Crippen molar-refractivity contribution in [2.24, 2.45) is 0 Å². The molecule has 0 spiro atoms. The molecule has 0 unspecified atom stereocenters. The van der Waals surface area contributed by atoms with Crippen molar-refractivity contribution in [1.82, 2.24) is 5.32 Å². The van der Waals surface area contributed by atoms with Crippen LogP contribution < -0.4 is 29.2 Å². The molecule has 0 radical (unpaired) electrons. The number of hydrogen-bond donors (Lipinski definition) is 1. The zero-order valence-corrected chi connectivity index (χ0v) is 25.6. The molecule has 0 aliphatic carbocycles. The Morgan fingerprint density at radius 3 is 1.91 bits per heavy atom. The van der Waals surface area contributed by atoms with Crippen molar-refractivity contribution >= 4 is 17.3 Å². The molecule has 1 N–H and O–H groups in total. The van der Waals surface area contributed by atoms with E-state index in [1.807, 2.05) is 45.9 Å². The minimum Gasteiger partial charge on any atom is -0.490 e. The Kier molecular flexibility index (Phi) is 13.6. The highest BCUT2D eigenvalue weighted by Gasteiger charge is 2.20. The zero-order valence-electron chi connectivity index (χ0n) is 25.6. The van der Waals surface area contributed by atoms with E-state index < -0.39 is 4.92 Å². The molecule has 3 aromatic rings. The normalized spacial score (nSPS) is 10.7. The van der Waals surface area contributed by atoms with Crippen molar-refractivity contribution in [3.05, 3.63) is 81.9 Å². The van der Waals surface area contributed by atoms with Crippen molar-refractivity contribution in [2.45, 2.75) is 47.0 Å². The highest BCUT2D eigenvalue weighted by atomic mass is 16.6. The number of anilines is 1. The van der Waals surface area contributed by atoms with E-state index in [-0.39, 0.29) is 11.6 Å². The lowest BCUT2D eigenvalue weighted by atomic mass is 10.1. The standard InChI is InChI=1S/C33H43N3O7/c1-5-40-29-18-12-25(23-31(29)42-7-3)11-9-20-34-21-10-22-35(33(37)26-13-15-27(16-14-26)36(38)39)28-17-19-30(41-6-2)32(24-28)43-8-4/h12-19,23-24,34H,5-11,20-22H2,1-4H3. The summed E-state index contributed by atoms with van der Waals surface area (Å²) in [6, 6.07) is 17.2. The molecule has 0 saturated carbocycles. The molecular weight excluding hydrogens is 550 g/mol.